The normalized spacial score (nSPS) is 155. The van der Waals surface area contributed by atoms with Gasteiger partial charge in [-0.3, -0.25) is 0 Å². The van der Waals surface area contributed by atoms with Crippen LogP contribution in [0.2, 0.25) is 0 Å². The lowest BCUT2D eigenvalue weighted by atomic mass is 8.20. The molecule has 0 aromatic carbocycles. The van der Waals surface area contributed by atoms with Crippen LogP contribution >= 0.6 is 0 Å². The van der Waals surface area contributed by atoms with Crippen LogP contribution in [0.25, 0.3) is 0 Å². The van der Waals surface area contributed by atoms with Gasteiger partial charge >= 0.3 is 0 Å². The zero-order valence-electron chi connectivity index (χ0n) is 48.9. The van der Waals surface area contributed by atoms with Crippen LogP contribution in [0.3, 0.4) is 0 Å². The Morgan fingerprint density at radius 3 is 1.00 bits per heavy atom. The third-order valence-corrected chi connectivity index (χ3v) is 85.4. The maximum absolute atomic E-state index is 2.12. The molecule has 0 aliphatic heterocycles. The Balaban J connectivity index is 0.666. The molecule has 86 unspecified atom stereocenters. The van der Waals surface area contributed by atoms with E-state index in [0.717, 1.165) is 211 Å². The highest BCUT2D eigenvalue weighted by Crippen LogP contribution is 3.91. The van der Waals surface area contributed by atoms with Crippen molar-refractivity contribution in [3.8, 4) is 0 Å². The van der Waals surface area contributed by atoms with E-state index < -0.39 is 0 Å². The topological polar surface area (TPSA) is 0 Å². The number of hydrogen-bond acceptors (Lipinski definition) is 0. The minimum Gasteiger partial charge on any atom is -0.0464 e. The number of fused-ring (bicyclic) bond motifs is 19. The smallest absolute Gasteiger partial charge is 0.0000121 e. The number of rotatable bonds is 0. The lowest BCUT2D eigenvalue weighted by molar-refractivity contribution is -1.19. The van der Waals surface area contributed by atoms with E-state index in [1.807, 2.05) is 25.7 Å². The fraction of sp³-hybridized carbons (Fsp3) is 1.00. The average Bonchev–Trinajstić information content (AvgIpc) is 0.397. The molecule has 0 aromatic heterocycles. The summed E-state index contributed by atoms with van der Waals surface area (Å²) in [5.41, 5.74) is 64.2. The van der Waals surface area contributed by atoms with Gasteiger partial charge in [0, 0.05) is 0 Å². The van der Waals surface area contributed by atoms with Crippen molar-refractivity contribution < 1.29 is 0 Å². The van der Waals surface area contributed by atoms with Crippen molar-refractivity contribution in [2.75, 3.05) is 0 Å². The van der Waals surface area contributed by atoms with Gasteiger partial charge in [0.2, 0.25) is 0 Å². The third-order valence-electron chi connectivity index (χ3n) is 85.4. The minimum atomic E-state index is 1.03. The summed E-state index contributed by atoms with van der Waals surface area (Å²) in [6, 6.07) is 0. The zero-order valence-corrected chi connectivity index (χ0v) is 48.9. The minimum absolute atomic E-state index is 1.03. The molecule has 72 fully saturated rings. The van der Waals surface area contributed by atoms with Gasteiger partial charge in [0.25, 0.3) is 0 Å². The molecule has 91 heavy (non-hydrogen) atoms. The molecule has 0 amide bonds. The molecule has 0 aromatic rings. The molecule has 0 bridgehead atoms. The second-order valence-electron chi connectivity index (χ2n) is 61.6. The van der Waals surface area contributed by atoms with E-state index in [1.165, 1.54) is 270 Å². The summed E-state index contributed by atoms with van der Waals surface area (Å²) >= 11 is 0. The fourth-order valence-corrected chi connectivity index (χ4v) is 114. The molecule has 0 heterocycles. The van der Waals surface area contributed by atoms with E-state index in [1.54, 1.807) is 0 Å². The highest BCUT2D eigenvalue weighted by atomic mass is 15.9. The Bertz CT molecular complexity index is 7540. The fourth-order valence-electron chi connectivity index (χ4n) is 114. The average molecular weight is 1130 g/mol. The highest BCUT2D eigenvalue weighted by molar-refractivity contribution is 6.77. The van der Waals surface area contributed by atoms with Crippen molar-refractivity contribution >= 4 is 0 Å². The van der Waals surface area contributed by atoms with E-state index in [-0.39, 0.29) is 0 Å². The molecule has 0 N–H and O–H groups in total. The summed E-state index contributed by atoms with van der Waals surface area (Å²) in [4.78, 5) is 0. The zero-order chi connectivity index (χ0) is 48.9. The summed E-state index contributed by atoms with van der Waals surface area (Å²) in [5.74, 6) is 43.3. The molecule has 72 aliphatic rings. The van der Waals surface area contributed by atoms with Crippen LogP contribution in [0.4, 0.5) is 0 Å². The Morgan fingerprint density at radius 1 is 0.176 bits per heavy atom. The predicted octanol–water partition coefficient (Wildman–Crippen LogP) is 6.78. The van der Waals surface area contributed by atoms with E-state index in [0.29, 0.717) is 0 Å². The second-order valence-corrected chi connectivity index (χ2v) is 61.6. The summed E-state index contributed by atoms with van der Waals surface area (Å²) in [5, 5.41) is 0. The van der Waals surface area contributed by atoms with Crippen LogP contribution in [0.5, 0.6) is 0 Å². The Hall–Kier alpha value is 0. The summed E-state index contributed by atoms with van der Waals surface area (Å²) < 4.78 is 0. The Kier molecular flexibility index (Phi) is 1.18. The van der Waals surface area contributed by atoms with Gasteiger partial charge in [-0.2, -0.15) is 0 Å². The van der Waals surface area contributed by atoms with Gasteiger partial charge in [-0.25, -0.2) is 0 Å². The molecule has 0 heteroatoms. The number of hydrogen-bond donors (Lipinski definition) is 0. The van der Waals surface area contributed by atoms with Gasteiger partial charge in [-0.05, 0) is 513 Å². The Morgan fingerprint density at radius 2 is 0.495 bits per heavy atom. The molecular weight excluding hydrogens is 1090 g/mol. The lowest BCUT2D eigenvalue weighted by Gasteiger charge is -3.81. The van der Waals surface area contributed by atoms with E-state index >= 15 is 0 Å². The molecule has 72 saturated carbocycles. The van der Waals surface area contributed by atoms with Gasteiger partial charge in [-0.1, -0.05) is 0 Å². The second kappa shape index (κ2) is 3.84. The van der Waals surface area contributed by atoms with Gasteiger partial charge in [0.05, 0.1) is 0 Å². The first kappa shape index (κ1) is 28.1. The van der Waals surface area contributed by atoms with Crippen molar-refractivity contribution in [1.29, 1.82) is 0 Å². The molecule has 0 radical (unpaired) electrons. The molecule has 0 saturated heterocycles. The Labute approximate surface area is 509 Å². The summed E-state index contributed by atoms with van der Waals surface area (Å²) in [6.07, 6.45) is 9.99. The van der Waals surface area contributed by atoms with Crippen LogP contribution in [0.1, 0.15) is 32.1 Å². The maximum Gasteiger partial charge on any atom is -0.0000121 e. The molecule has 86 atom stereocenters. The summed E-state index contributed by atoms with van der Waals surface area (Å²) in [7, 11) is 0. The van der Waals surface area contributed by atoms with Crippen molar-refractivity contribution in [3.05, 3.63) is 75.8 Å². The quantitative estimate of drug-likeness (QED) is 0.252. The van der Waals surface area contributed by atoms with Crippen LogP contribution < -0.4 is 0 Å². The molecule has 56 spiro atoms. The lowest BCUT2D eigenvalue weighted by Crippen LogP contribution is -3.78. The first-order valence-electron chi connectivity index (χ1n) is 45.3. The molecule has 72 rings (SSSR count). The maximum atomic E-state index is 2.12. The van der Waals surface area contributed by atoms with Gasteiger partial charge in [-0.15, -0.1) is 0 Å². The van der Waals surface area contributed by atoms with Crippen molar-refractivity contribution in [2.24, 2.45) is 405 Å². The SMILES string of the molecule is C1C2C3C4C5C6C7C8CC9C%10C%11C%12C%13C%14C%15C%16C%17CC%18C%19C%20C%21C%22C%23CC%24C%25%26CC1C1%27C%28C2C32C43C54C65C76C89C%107C%118C%129C%13%10C%14%11C%15%12C%16%13C%18%17C%19%14C%20%15C%21%16C%22%17C%23%24C%25%18C%19%20C%26C%21C%22C1C1%23C%22%24C%21%19C%19%21C%20%22C%17%18C%16%17C%15%16C%14%13C%12%13C%11%12C%10%11C9%10C89C67C56C45C34C%282C%271C41C%232C%24%19C34C%217C%17%22C%16%13C%127C%113C%103C69C51C234. The van der Waals surface area contributed by atoms with E-state index in [9.17, 15) is 0 Å². The van der Waals surface area contributed by atoms with Gasteiger partial charge in [0.15, 0.2) is 0 Å². The van der Waals surface area contributed by atoms with Gasteiger partial charge < -0.3 is 0 Å². The van der Waals surface area contributed by atoms with Crippen LogP contribution in [-0.2, 0) is 0 Å². The molecular formula is C91H40. The first-order chi connectivity index (χ1) is 45.3. The highest BCUT2D eigenvalue weighted by Gasteiger charge is 3.88. The predicted molar refractivity (Wildman–Crippen MR) is 275 cm³/mol. The standard InChI is InChI=1S/C91H40/c1-6-5-36-13-4-12-20-23-22-16-8-2-10-19-25-28-30-29-26-18-11-3-9-17-24-27-21-14-7(1)15-34-37(6)35-32-31-33(36)60-57(31)58(32)61(35)63(37)59(34)41(14,15)47(21)53(27)49(24)43(17)39(9,11)44(18)51(26)55(29)56(30)54(28)50(25)45(19)38(8,10)42(16)48(22)52(23)46(20)40(12,13)62(36,60)67(46)73(52)69(48)65(42,45)70(50)74(54)76(56)75(55)71(51)64(43,44)68(49)72(53)66(47,59)81(63)80(61)78(58)77(57)79(60,67)84(73)82(69,70)86(74)88(77,84)90(78)89(76,86)87(75)83(68,71)85(72,81)91(80,87)90/h6-35H,1-5H2. The third kappa shape index (κ3) is 0.509. The molecule has 0 nitrogen and oxygen atoms in total. The van der Waals surface area contributed by atoms with Crippen molar-refractivity contribution in [3.63, 3.8) is 0 Å². The summed E-state index contributed by atoms with van der Waals surface area (Å²) in [6.45, 7) is 0. The van der Waals surface area contributed by atoms with Crippen molar-refractivity contribution in [2.45, 2.75) is 32.1 Å². The van der Waals surface area contributed by atoms with Gasteiger partial charge in [0.1, 0.15) is 0 Å². The van der Waals surface area contributed by atoms with Crippen LogP contribution in [0, 0.1) is 481 Å². The first-order valence-corrected chi connectivity index (χ1v) is 45.3. The van der Waals surface area contributed by atoms with Crippen LogP contribution in [0.15, 0.2) is 0 Å². The molecule has 404 valence electrons. The van der Waals surface area contributed by atoms with Crippen LogP contribution in [-0.4, -0.2) is 0 Å². The monoisotopic (exact) mass is 1130 g/mol. The van der Waals surface area contributed by atoms with Crippen molar-refractivity contribution in [1.82, 2.24) is 0 Å². The largest absolute Gasteiger partial charge is 0.0464 e. The van der Waals surface area contributed by atoms with E-state index in [2.05, 4.69) is 6.42 Å². The molecule has 72 aliphatic carbocycles. The van der Waals surface area contributed by atoms with E-state index in [4.69, 9.17) is 0 Å².